The van der Waals surface area contributed by atoms with E-state index in [0.717, 1.165) is 42.5 Å². The van der Waals surface area contributed by atoms with Crippen LogP contribution in [0.2, 0.25) is 5.02 Å². The van der Waals surface area contributed by atoms with Crippen LogP contribution in [0.25, 0.3) is 0 Å². The Morgan fingerprint density at radius 2 is 1.57 bits per heavy atom. The van der Waals surface area contributed by atoms with E-state index in [-0.39, 0.29) is 0 Å². The molecule has 3 aromatic rings. The number of halogens is 1. The van der Waals surface area contributed by atoms with E-state index < -0.39 is 0 Å². The second-order valence-corrected chi connectivity index (χ2v) is 8.42. The van der Waals surface area contributed by atoms with E-state index in [1.807, 2.05) is 30.3 Å². The van der Waals surface area contributed by atoms with Gasteiger partial charge in [-0.3, -0.25) is 4.90 Å². The Morgan fingerprint density at radius 1 is 0.833 bits per heavy atom. The van der Waals surface area contributed by atoms with Crippen molar-refractivity contribution in [2.24, 2.45) is 0 Å². The molecule has 1 N–H and O–H groups in total. The Bertz CT molecular complexity index is 906. The molecule has 0 saturated carbocycles. The van der Waals surface area contributed by atoms with Gasteiger partial charge in [0.1, 0.15) is 12.4 Å². The van der Waals surface area contributed by atoms with E-state index in [1.165, 1.54) is 24.0 Å². The molecule has 0 spiro atoms. The van der Waals surface area contributed by atoms with Crippen molar-refractivity contribution < 1.29 is 4.74 Å². The van der Waals surface area contributed by atoms with Crippen molar-refractivity contribution >= 4 is 11.6 Å². The summed E-state index contributed by atoms with van der Waals surface area (Å²) in [7, 11) is 0. The second-order valence-electron chi connectivity index (χ2n) is 7.98. The summed E-state index contributed by atoms with van der Waals surface area (Å²) in [5, 5.41) is 4.48. The fourth-order valence-corrected chi connectivity index (χ4v) is 4.02. The molecular formula is C26H29ClN2O. The largest absolute Gasteiger partial charge is 0.489 e. The van der Waals surface area contributed by atoms with E-state index in [0.29, 0.717) is 12.6 Å². The molecule has 3 nitrogen and oxygen atoms in total. The molecule has 0 unspecified atom stereocenters. The molecule has 4 heteroatoms. The summed E-state index contributed by atoms with van der Waals surface area (Å²) in [6, 6.07) is 27.5. The zero-order valence-corrected chi connectivity index (χ0v) is 18.0. The van der Waals surface area contributed by atoms with Gasteiger partial charge >= 0.3 is 0 Å². The van der Waals surface area contributed by atoms with Crippen LogP contribution in [0.15, 0.2) is 78.9 Å². The van der Waals surface area contributed by atoms with E-state index in [9.17, 15) is 0 Å². The molecule has 0 atom stereocenters. The molecule has 1 aliphatic rings. The van der Waals surface area contributed by atoms with Gasteiger partial charge in [-0.05, 0) is 66.9 Å². The van der Waals surface area contributed by atoms with Crippen molar-refractivity contribution in [1.29, 1.82) is 0 Å². The number of rotatable bonds is 8. The first kappa shape index (κ1) is 20.9. The SMILES string of the molecule is Clc1ccc(COc2cccc(CNC3CCN(Cc4ccccc4)CC3)c2)cc1. The van der Waals surface area contributed by atoms with Crippen molar-refractivity contribution in [1.82, 2.24) is 10.2 Å². The van der Waals surface area contributed by atoms with Crippen molar-refractivity contribution in [2.75, 3.05) is 13.1 Å². The third kappa shape index (κ3) is 6.33. The molecule has 1 heterocycles. The van der Waals surface area contributed by atoms with Gasteiger partial charge < -0.3 is 10.1 Å². The summed E-state index contributed by atoms with van der Waals surface area (Å²) in [4.78, 5) is 2.55. The van der Waals surface area contributed by atoms with Gasteiger partial charge in [0.25, 0.3) is 0 Å². The molecule has 0 aromatic heterocycles. The monoisotopic (exact) mass is 420 g/mol. The lowest BCUT2D eigenvalue weighted by Crippen LogP contribution is -2.41. The first-order valence-electron chi connectivity index (χ1n) is 10.7. The predicted octanol–water partition coefficient (Wildman–Crippen LogP) is 5.67. The van der Waals surface area contributed by atoms with Gasteiger partial charge in [0.05, 0.1) is 0 Å². The van der Waals surface area contributed by atoms with Crippen LogP contribution in [-0.2, 0) is 19.7 Å². The van der Waals surface area contributed by atoms with Crippen LogP contribution in [0.3, 0.4) is 0 Å². The Hall–Kier alpha value is -2.33. The summed E-state index contributed by atoms with van der Waals surface area (Å²) in [6.07, 6.45) is 2.39. The highest BCUT2D eigenvalue weighted by molar-refractivity contribution is 6.30. The number of nitrogens with one attached hydrogen (secondary N) is 1. The summed E-state index contributed by atoms with van der Waals surface area (Å²) >= 11 is 5.94. The predicted molar refractivity (Wildman–Crippen MR) is 124 cm³/mol. The maximum atomic E-state index is 5.96. The van der Waals surface area contributed by atoms with E-state index in [4.69, 9.17) is 16.3 Å². The standard InChI is InChI=1S/C26H29ClN2O/c27-24-11-9-22(10-12-24)20-30-26-8-4-7-23(17-26)18-28-25-13-15-29(16-14-25)19-21-5-2-1-3-6-21/h1-12,17,25,28H,13-16,18-20H2. The molecule has 1 aliphatic heterocycles. The molecule has 0 radical (unpaired) electrons. The number of ether oxygens (including phenoxy) is 1. The van der Waals surface area contributed by atoms with E-state index in [1.54, 1.807) is 0 Å². The molecule has 156 valence electrons. The third-order valence-corrected chi connectivity index (χ3v) is 5.90. The summed E-state index contributed by atoms with van der Waals surface area (Å²) < 4.78 is 5.96. The van der Waals surface area contributed by atoms with E-state index in [2.05, 4.69) is 58.7 Å². The minimum Gasteiger partial charge on any atom is -0.489 e. The van der Waals surface area contributed by atoms with Crippen LogP contribution >= 0.6 is 11.6 Å². The fourth-order valence-electron chi connectivity index (χ4n) is 3.89. The van der Waals surface area contributed by atoms with Crippen LogP contribution < -0.4 is 10.1 Å². The van der Waals surface area contributed by atoms with Gasteiger partial charge in [0.2, 0.25) is 0 Å². The smallest absolute Gasteiger partial charge is 0.120 e. The Morgan fingerprint density at radius 3 is 2.33 bits per heavy atom. The zero-order chi connectivity index (χ0) is 20.6. The van der Waals surface area contributed by atoms with Gasteiger partial charge in [0, 0.05) is 24.2 Å². The number of hydrogen-bond donors (Lipinski definition) is 1. The van der Waals surface area contributed by atoms with Gasteiger partial charge in [-0.2, -0.15) is 0 Å². The minimum atomic E-state index is 0.550. The lowest BCUT2D eigenvalue weighted by atomic mass is 10.0. The number of piperidine rings is 1. The van der Waals surface area contributed by atoms with E-state index >= 15 is 0 Å². The average Bonchev–Trinajstić information content (AvgIpc) is 2.79. The summed E-state index contributed by atoms with van der Waals surface area (Å²) in [6.45, 7) is 4.78. The molecule has 0 bridgehead atoms. The van der Waals surface area contributed by atoms with Crippen LogP contribution in [0.4, 0.5) is 0 Å². The quantitative estimate of drug-likeness (QED) is 0.507. The number of benzene rings is 3. The first-order chi connectivity index (χ1) is 14.7. The highest BCUT2D eigenvalue weighted by atomic mass is 35.5. The van der Waals surface area contributed by atoms with Crippen LogP contribution in [0.1, 0.15) is 29.5 Å². The second kappa shape index (κ2) is 10.6. The maximum absolute atomic E-state index is 5.96. The molecule has 1 fully saturated rings. The lowest BCUT2D eigenvalue weighted by molar-refractivity contribution is 0.190. The minimum absolute atomic E-state index is 0.550. The summed E-state index contributed by atoms with van der Waals surface area (Å²) in [5.41, 5.74) is 3.78. The van der Waals surface area contributed by atoms with Crippen molar-refractivity contribution in [3.8, 4) is 5.75 Å². The summed E-state index contributed by atoms with van der Waals surface area (Å²) in [5.74, 6) is 0.905. The van der Waals surface area contributed by atoms with Crippen LogP contribution in [0, 0.1) is 0 Å². The first-order valence-corrected chi connectivity index (χ1v) is 11.1. The molecule has 4 rings (SSSR count). The normalized spacial score (nSPS) is 15.2. The molecule has 0 aliphatic carbocycles. The van der Waals surface area contributed by atoms with Crippen LogP contribution in [-0.4, -0.2) is 24.0 Å². The van der Waals surface area contributed by atoms with Crippen molar-refractivity contribution in [3.63, 3.8) is 0 Å². The Balaban J connectivity index is 1.21. The topological polar surface area (TPSA) is 24.5 Å². The lowest BCUT2D eigenvalue weighted by Gasteiger charge is -2.32. The maximum Gasteiger partial charge on any atom is 0.120 e. The Labute approximate surface area is 184 Å². The van der Waals surface area contributed by atoms with Crippen LogP contribution in [0.5, 0.6) is 5.75 Å². The average molecular weight is 421 g/mol. The van der Waals surface area contributed by atoms with Gasteiger partial charge in [-0.15, -0.1) is 0 Å². The van der Waals surface area contributed by atoms with Crippen molar-refractivity contribution in [3.05, 3.63) is 101 Å². The van der Waals surface area contributed by atoms with Gasteiger partial charge in [-0.25, -0.2) is 0 Å². The third-order valence-electron chi connectivity index (χ3n) is 5.65. The van der Waals surface area contributed by atoms with Crippen molar-refractivity contribution in [2.45, 2.75) is 38.6 Å². The zero-order valence-electron chi connectivity index (χ0n) is 17.3. The highest BCUT2D eigenvalue weighted by Gasteiger charge is 2.18. The van der Waals surface area contributed by atoms with Gasteiger partial charge in [-0.1, -0.05) is 66.2 Å². The molecule has 1 saturated heterocycles. The number of hydrogen-bond acceptors (Lipinski definition) is 3. The molecule has 3 aromatic carbocycles. The number of likely N-dealkylation sites (tertiary alicyclic amines) is 1. The van der Waals surface area contributed by atoms with Gasteiger partial charge in [0.15, 0.2) is 0 Å². The highest BCUT2D eigenvalue weighted by Crippen LogP contribution is 2.18. The Kier molecular flexibility index (Phi) is 7.41. The number of nitrogens with zero attached hydrogens (tertiary/aromatic N) is 1. The molecule has 0 amide bonds. The molecule has 30 heavy (non-hydrogen) atoms. The molecular weight excluding hydrogens is 392 g/mol. The fraction of sp³-hybridized carbons (Fsp3) is 0.308.